The minimum atomic E-state index is 0. The number of hydrogen-bond donors (Lipinski definition) is 2. The summed E-state index contributed by atoms with van der Waals surface area (Å²) in [6.07, 6.45) is 10.9. The van der Waals surface area contributed by atoms with Gasteiger partial charge in [0.25, 0.3) is 0 Å². The Hall–Kier alpha value is -0.0800. The lowest BCUT2D eigenvalue weighted by molar-refractivity contribution is 0.120. The highest BCUT2D eigenvalue weighted by Crippen LogP contribution is 2.08. The molecule has 6 heteroatoms. The Morgan fingerprint density at radius 2 is 1.50 bits per heavy atom. The lowest BCUT2D eigenvalue weighted by Crippen LogP contribution is -2.52. The highest BCUT2D eigenvalue weighted by molar-refractivity contribution is 14.0. The number of halogens is 1. The highest BCUT2D eigenvalue weighted by atomic mass is 127. The van der Waals surface area contributed by atoms with Gasteiger partial charge in [-0.05, 0) is 20.4 Å². The fourth-order valence-corrected chi connectivity index (χ4v) is 3.32. The number of nitrogens with one attached hydrogen (secondary N) is 2. The Balaban J connectivity index is 0.00000625. The van der Waals surface area contributed by atoms with Gasteiger partial charge in [0.05, 0.1) is 0 Å². The predicted molar refractivity (Wildman–Crippen MR) is 126 cm³/mol. The Bertz CT molecular complexity index is 343. The van der Waals surface area contributed by atoms with Gasteiger partial charge in [0.1, 0.15) is 0 Å². The molecule has 1 heterocycles. The maximum atomic E-state index is 4.35. The Kier molecular flexibility index (Phi) is 17.0. The summed E-state index contributed by atoms with van der Waals surface area (Å²) < 4.78 is 0. The second kappa shape index (κ2) is 17.0. The van der Waals surface area contributed by atoms with Crippen LogP contribution in [0.3, 0.4) is 0 Å². The van der Waals surface area contributed by atoms with Gasteiger partial charge in [-0.3, -0.25) is 9.89 Å². The maximum absolute atomic E-state index is 4.35. The monoisotopic (exact) mass is 481 g/mol. The normalized spacial score (nSPS) is 17.6. The van der Waals surface area contributed by atoms with E-state index in [2.05, 4.69) is 46.3 Å². The lowest BCUT2D eigenvalue weighted by atomic mass is 10.1. The number of unbranched alkanes of at least 4 members (excludes halogenated alkanes) is 7. The number of hydrogen-bond acceptors (Lipinski definition) is 3. The van der Waals surface area contributed by atoms with Crippen LogP contribution in [-0.4, -0.2) is 75.2 Å². The molecule has 26 heavy (non-hydrogen) atoms. The van der Waals surface area contributed by atoms with E-state index in [-0.39, 0.29) is 24.0 Å². The van der Waals surface area contributed by atoms with E-state index in [0.29, 0.717) is 6.04 Å². The number of guanidine groups is 1. The van der Waals surface area contributed by atoms with Crippen LogP contribution in [0.25, 0.3) is 0 Å². The van der Waals surface area contributed by atoms with E-state index in [4.69, 9.17) is 0 Å². The third-order valence-corrected chi connectivity index (χ3v) is 5.27. The summed E-state index contributed by atoms with van der Waals surface area (Å²) in [6.45, 7) is 11.3. The Morgan fingerprint density at radius 1 is 0.923 bits per heavy atom. The average Bonchev–Trinajstić information content (AvgIpc) is 2.63. The molecule has 0 bridgehead atoms. The van der Waals surface area contributed by atoms with Crippen molar-refractivity contribution in [3.63, 3.8) is 0 Å². The van der Waals surface area contributed by atoms with E-state index in [1.165, 1.54) is 77.5 Å². The second-order valence-corrected chi connectivity index (χ2v) is 7.54. The zero-order valence-corrected chi connectivity index (χ0v) is 20.1. The standard InChI is InChI=1S/C20H43N5.HI/c1-5-6-7-8-9-10-11-12-13-22-20(21-3)23-18-19(2)25-16-14-24(4)15-17-25;/h19H,5-18H2,1-4H3,(H2,21,22,23);1H. The fourth-order valence-electron chi connectivity index (χ4n) is 3.32. The van der Waals surface area contributed by atoms with Gasteiger partial charge in [-0.25, -0.2) is 0 Å². The zero-order chi connectivity index (χ0) is 18.3. The van der Waals surface area contributed by atoms with Crippen LogP contribution in [-0.2, 0) is 0 Å². The predicted octanol–water partition coefficient (Wildman–Crippen LogP) is 3.55. The van der Waals surface area contributed by atoms with Crippen LogP contribution in [0.5, 0.6) is 0 Å². The summed E-state index contributed by atoms with van der Waals surface area (Å²) in [5.41, 5.74) is 0. The van der Waals surface area contributed by atoms with Crippen LogP contribution in [0, 0.1) is 0 Å². The van der Waals surface area contributed by atoms with Crippen molar-refractivity contribution in [2.45, 2.75) is 71.3 Å². The first kappa shape index (κ1) is 25.9. The summed E-state index contributed by atoms with van der Waals surface area (Å²) in [6, 6.07) is 0.551. The molecule has 156 valence electrons. The molecule has 0 spiro atoms. The second-order valence-electron chi connectivity index (χ2n) is 7.54. The maximum Gasteiger partial charge on any atom is 0.191 e. The van der Waals surface area contributed by atoms with E-state index in [0.717, 1.165) is 19.0 Å². The number of aliphatic imine (C=N–C) groups is 1. The zero-order valence-electron chi connectivity index (χ0n) is 17.7. The smallest absolute Gasteiger partial charge is 0.191 e. The first-order chi connectivity index (χ1) is 12.2. The van der Waals surface area contributed by atoms with Gasteiger partial charge >= 0.3 is 0 Å². The summed E-state index contributed by atoms with van der Waals surface area (Å²) in [7, 11) is 4.07. The molecule has 2 N–H and O–H groups in total. The SMILES string of the molecule is CCCCCCCCCCNC(=NC)NCC(C)N1CCN(C)CC1.I. The van der Waals surface area contributed by atoms with Crippen molar-refractivity contribution < 1.29 is 0 Å². The topological polar surface area (TPSA) is 42.9 Å². The number of nitrogens with zero attached hydrogens (tertiary/aromatic N) is 3. The van der Waals surface area contributed by atoms with Crippen molar-refractivity contribution in [2.75, 3.05) is 53.4 Å². The van der Waals surface area contributed by atoms with Gasteiger partial charge in [-0.2, -0.15) is 0 Å². The molecule has 1 saturated heterocycles. The van der Waals surface area contributed by atoms with E-state index >= 15 is 0 Å². The van der Waals surface area contributed by atoms with Gasteiger partial charge in [0, 0.05) is 52.4 Å². The van der Waals surface area contributed by atoms with Crippen LogP contribution >= 0.6 is 24.0 Å². The molecule has 0 aliphatic carbocycles. The lowest BCUT2D eigenvalue weighted by Gasteiger charge is -2.36. The van der Waals surface area contributed by atoms with Gasteiger partial charge < -0.3 is 15.5 Å². The van der Waals surface area contributed by atoms with Gasteiger partial charge in [-0.15, -0.1) is 24.0 Å². The van der Waals surface area contributed by atoms with Crippen molar-refractivity contribution in [3.05, 3.63) is 0 Å². The highest BCUT2D eigenvalue weighted by Gasteiger charge is 2.18. The minimum Gasteiger partial charge on any atom is -0.356 e. The van der Waals surface area contributed by atoms with Crippen molar-refractivity contribution in [3.8, 4) is 0 Å². The molecule has 0 saturated carbocycles. The molecule has 0 aromatic heterocycles. The summed E-state index contributed by atoms with van der Waals surface area (Å²) in [5.74, 6) is 0.948. The number of rotatable bonds is 12. The Labute approximate surface area is 179 Å². The van der Waals surface area contributed by atoms with Crippen LogP contribution in [0.4, 0.5) is 0 Å². The average molecular weight is 482 g/mol. The van der Waals surface area contributed by atoms with Crippen LogP contribution < -0.4 is 10.6 Å². The minimum absolute atomic E-state index is 0. The van der Waals surface area contributed by atoms with Crippen LogP contribution in [0.15, 0.2) is 4.99 Å². The van der Waals surface area contributed by atoms with E-state index in [9.17, 15) is 0 Å². The van der Waals surface area contributed by atoms with Gasteiger partial charge in [0.2, 0.25) is 0 Å². The number of piperazine rings is 1. The largest absolute Gasteiger partial charge is 0.356 e. The molecule has 1 aliphatic heterocycles. The van der Waals surface area contributed by atoms with Crippen LogP contribution in [0.1, 0.15) is 65.2 Å². The summed E-state index contributed by atoms with van der Waals surface area (Å²) in [5, 5.41) is 6.94. The number of likely N-dealkylation sites (N-methyl/N-ethyl adjacent to an activating group) is 1. The third-order valence-electron chi connectivity index (χ3n) is 5.27. The molecular weight excluding hydrogens is 437 g/mol. The van der Waals surface area contributed by atoms with Crippen molar-refractivity contribution in [1.82, 2.24) is 20.4 Å². The third kappa shape index (κ3) is 12.3. The van der Waals surface area contributed by atoms with Gasteiger partial charge in [-0.1, -0.05) is 51.9 Å². The molecule has 1 fully saturated rings. The quantitative estimate of drug-likeness (QED) is 0.194. The molecule has 0 radical (unpaired) electrons. The summed E-state index contributed by atoms with van der Waals surface area (Å²) in [4.78, 5) is 9.32. The van der Waals surface area contributed by atoms with Crippen molar-refractivity contribution in [2.24, 2.45) is 4.99 Å². The molecule has 1 atom stereocenters. The first-order valence-electron chi connectivity index (χ1n) is 10.5. The summed E-state index contributed by atoms with van der Waals surface area (Å²) >= 11 is 0. The fraction of sp³-hybridized carbons (Fsp3) is 0.950. The van der Waals surface area contributed by atoms with E-state index in [1.807, 2.05) is 7.05 Å². The molecule has 0 aromatic carbocycles. The molecular formula is C20H44IN5. The molecule has 1 unspecified atom stereocenters. The molecule has 1 aliphatic rings. The first-order valence-corrected chi connectivity index (χ1v) is 10.5. The van der Waals surface area contributed by atoms with Crippen molar-refractivity contribution >= 4 is 29.9 Å². The molecule has 1 rings (SSSR count). The molecule has 0 aromatic rings. The Morgan fingerprint density at radius 3 is 2.08 bits per heavy atom. The molecule has 0 amide bonds. The van der Waals surface area contributed by atoms with Gasteiger partial charge in [0.15, 0.2) is 5.96 Å². The van der Waals surface area contributed by atoms with E-state index < -0.39 is 0 Å². The van der Waals surface area contributed by atoms with Crippen molar-refractivity contribution in [1.29, 1.82) is 0 Å². The molecule has 5 nitrogen and oxygen atoms in total. The van der Waals surface area contributed by atoms with E-state index in [1.54, 1.807) is 0 Å². The van der Waals surface area contributed by atoms with Crippen LogP contribution in [0.2, 0.25) is 0 Å².